The van der Waals surface area contributed by atoms with Gasteiger partial charge in [-0.25, -0.2) is 19.7 Å². The Morgan fingerprint density at radius 1 is 0.767 bits per heavy atom. The Labute approximate surface area is 258 Å². The van der Waals surface area contributed by atoms with E-state index in [9.17, 15) is 14.4 Å². The van der Waals surface area contributed by atoms with Gasteiger partial charge in [0.2, 0.25) is 0 Å². The Morgan fingerprint density at radius 3 is 1.60 bits per heavy atom. The van der Waals surface area contributed by atoms with Gasteiger partial charge in [-0.3, -0.25) is 9.59 Å². The van der Waals surface area contributed by atoms with Crippen molar-refractivity contribution in [2.75, 3.05) is 50.1 Å². The van der Waals surface area contributed by atoms with E-state index in [0.29, 0.717) is 13.1 Å². The third-order valence-electron chi connectivity index (χ3n) is 7.61. The molecule has 2 heterocycles. The summed E-state index contributed by atoms with van der Waals surface area (Å²) in [6, 6.07) is 14.1. The predicted molar refractivity (Wildman–Crippen MR) is 170 cm³/mol. The smallest absolute Gasteiger partial charge is 0.360 e. The third kappa shape index (κ3) is 7.05. The van der Waals surface area contributed by atoms with Crippen molar-refractivity contribution in [3.63, 3.8) is 0 Å². The lowest BCUT2D eigenvalue weighted by atomic mass is 9.86. The lowest BCUT2D eigenvalue weighted by molar-refractivity contribution is 0.0594. The molecule has 0 radical (unpaired) electrons. The van der Waals surface area contributed by atoms with Crippen LogP contribution in [0.15, 0.2) is 48.5 Å². The second-order valence-corrected chi connectivity index (χ2v) is 13.3. The van der Waals surface area contributed by atoms with Gasteiger partial charge < -0.3 is 14.5 Å². The van der Waals surface area contributed by atoms with E-state index in [-0.39, 0.29) is 44.4 Å². The minimum absolute atomic E-state index is 0.0161. The second kappa shape index (κ2) is 12.4. The van der Waals surface area contributed by atoms with Crippen LogP contribution in [0.4, 0.5) is 11.6 Å². The molecule has 1 fully saturated rings. The summed E-state index contributed by atoms with van der Waals surface area (Å²) in [5, 5.41) is -0.0161. The second-order valence-electron chi connectivity index (χ2n) is 12.9. The maximum absolute atomic E-state index is 14.3. The van der Waals surface area contributed by atoms with Gasteiger partial charge in [-0.2, -0.15) is 0 Å². The highest BCUT2D eigenvalue weighted by Gasteiger charge is 2.35. The highest BCUT2D eigenvalue weighted by molar-refractivity contribution is 6.32. The molecular formula is C33H40ClN5O4. The molecule has 0 spiro atoms. The number of hydrogen-bond donors (Lipinski definition) is 0. The molecule has 0 N–H and O–H groups in total. The molecule has 1 saturated heterocycles. The highest BCUT2D eigenvalue weighted by atomic mass is 35.5. The van der Waals surface area contributed by atoms with Crippen molar-refractivity contribution in [1.29, 1.82) is 0 Å². The number of halogens is 1. The molecule has 10 heteroatoms. The van der Waals surface area contributed by atoms with Gasteiger partial charge in [-0.15, -0.1) is 0 Å². The first-order valence-electron chi connectivity index (χ1n) is 14.3. The number of nitrogens with zero attached hydrogens (tertiary/aromatic N) is 5. The van der Waals surface area contributed by atoms with Crippen LogP contribution in [0.1, 0.15) is 83.9 Å². The summed E-state index contributed by atoms with van der Waals surface area (Å²) < 4.78 is 4.99. The molecule has 2 amide bonds. The Hall–Kier alpha value is -3.82. The molecule has 0 atom stereocenters. The van der Waals surface area contributed by atoms with Crippen LogP contribution in [-0.4, -0.2) is 73.0 Å². The van der Waals surface area contributed by atoms with Gasteiger partial charge in [0.05, 0.1) is 7.11 Å². The number of anilines is 2. The Bertz CT molecular complexity index is 1430. The number of amides is 2. The van der Waals surface area contributed by atoms with E-state index < -0.39 is 17.8 Å². The number of likely N-dealkylation sites (N-methyl/N-ethyl adjacent to an activating group) is 1. The van der Waals surface area contributed by atoms with Crippen molar-refractivity contribution >= 4 is 41.0 Å². The van der Waals surface area contributed by atoms with E-state index >= 15 is 0 Å². The Kier molecular flexibility index (Phi) is 9.27. The van der Waals surface area contributed by atoms with Gasteiger partial charge >= 0.3 is 5.97 Å². The number of benzene rings is 2. The summed E-state index contributed by atoms with van der Waals surface area (Å²) in [5.41, 5.74) is 1.95. The van der Waals surface area contributed by atoms with Crippen molar-refractivity contribution in [3.8, 4) is 0 Å². The number of imide groups is 1. The van der Waals surface area contributed by atoms with Crippen LogP contribution in [0, 0.1) is 0 Å². The summed E-state index contributed by atoms with van der Waals surface area (Å²) in [6.07, 6.45) is 0. The minimum atomic E-state index is -0.869. The number of methoxy groups -OCH3 is 1. The summed E-state index contributed by atoms with van der Waals surface area (Å²) in [6.45, 7) is 15.2. The number of hydrogen-bond acceptors (Lipinski definition) is 8. The molecule has 2 aromatic carbocycles. The number of carbonyl (C=O) groups excluding carboxylic acids is 3. The molecule has 0 bridgehead atoms. The van der Waals surface area contributed by atoms with Gasteiger partial charge in [0.15, 0.2) is 22.5 Å². The molecule has 4 rings (SSSR count). The summed E-state index contributed by atoms with van der Waals surface area (Å²) >= 11 is 6.57. The number of carbonyl (C=O) groups is 3. The molecular weight excluding hydrogens is 566 g/mol. The van der Waals surface area contributed by atoms with Gasteiger partial charge in [-0.1, -0.05) is 77.4 Å². The molecule has 0 saturated carbocycles. The number of esters is 1. The van der Waals surface area contributed by atoms with Crippen molar-refractivity contribution in [2.24, 2.45) is 0 Å². The largest absolute Gasteiger partial charge is 0.464 e. The average molecular weight is 606 g/mol. The molecule has 1 aromatic heterocycles. The summed E-state index contributed by atoms with van der Waals surface area (Å²) in [5.74, 6) is -2.13. The monoisotopic (exact) mass is 605 g/mol. The fraction of sp³-hybridized carbons (Fsp3) is 0.424. The van der Waals surface area contributed by atoms with Crippen LogP contribution in [0.25, 0.3) is 0 Å². The van der Waals surface area contributed by atoms with Crippen LogP contribution in [0.5, 0.6) is 0 Å². The molecule has 3 aromatic rings. The van der Waals surface area contributed by atoms with Crippen LogP contribution in [0.3, 0.4) is 0 Å². The average Bonchev–Trinajstić information content (AvgIpc) is 2.97. The van der Waals surface area contributed by atoms with E-state index in [2.05, 4.69) is 51.4 Å². The SMILES string of the molecule is COC(=O)c1nc(Cl)c(N2CCN(C)CC2)nc1N(C(=O)c1ccc(C(C)(C)C)cc1)C(=O)c1ccc(C(C)(C)C)cc1. The fourth-order valence-electron chi connectivity index (χ4n) is 4.77. The van der Waals surface area contributed by atoms with Gasteiger partial charge in [0.1, 0.15) is 0 Å². The molecule has 228 valence electrons. The van der Waals surface area contributed by atoms with Crippen LogP contribution in [-0.2, 0) is 15.6 Å². The Morgan fingerprint density at radius 2 is 1.21 bits per heavy atom. The summed E-state index contributed by atoms with van der Waals surface area (Å²) in [4.78, 5) is 55.6. The zero-order chi connectivity index (χ0) is 31.7. The van der Waals surface area contributed by atoms with Crippen molar-refractivity contribution in [2.45, 2.75) is 52.4 Å². The van der Waals surface area contributed by atoms with Crippen LogP contribution < -0.4 is 9.80 Å². The predicted octanol–water partition coefficient (Wildman–Crippen LogP) is 5.75. The van der Waals surface area contributed by atoms with Gasteiger partial charge in [0, 0.05) is 37.3 Å². The van der Waals surface area contributed by atoms with Crippen molar-refractivity contribution in [3.05, 3.63) is 81.6 Å². The lowest BCUT2D eigenvalue weighted by Crippen LogP contribution is -2.45. The van der Waals surface area contributed by atoms with Gasteiger partial charge in [0.25, 0.3) is 11.8 Å². The number of piperazine rings is 1. The summed E-state index contributed by atoms with van der Waals surface area (Å²) in [7, 11) is 3.21. The van der Waals surface area contributed by atoms with E-state index in [1.54, 1.807) is 24.3 Å². The third-order valence-corrected chi connectivity index (χ3v) is 7.87. The van der Waals surface area contributed by atoms with E-state index in [0.717, 1.165) is 29.1 Å². The first kappa shape index (κ1) is 32.1. The normalized spacial score (nSPS) is 14.4. The quantitative estimate of drug-likeness (QED) is 0.268. The standard InChI is InChI=1S/C33H40ClN5O4/c1-32(2,3)23-13-9-21(10-14-23)29(40)39(30(41)22-11-15-24(16-12-22)33(4,5)6)27-25(31(42)43-8)35-26(34)28(36-27)38-19-17-37(7)18-20-38/h9-16H,17-20H2,1-8H3. The van der Waals surface area contributed by atoms with Crippen molar-refractivity contribution < 1.29 is 19.1 Å². The molecule has 1 aliphatic heterocycles. The maximum Gasteiger partial charge on any atom is 0.360 e. The van der Waals surface area contributed by atoms with E-state index in [1.165, 1.54) is 7.11 Å². The zero-order valence-electron chi connectivity index (χ0n) is 26.2. The molecule has 43 heavy (non-hydrogen) atoms. The van der Waals surface area contributed by atoms with Crippen molar-refractivity contribution in [1.82, 2.24) is 14.9 Å². The van der Waals surface area contributed by atoms with Crippen LogP contribution >= 0.6 is 11.6 Å². The molecule has 0 aliphatic carbocycles. The molecule has 9 nitrogen and oxygen atoms in total. The maximum atomic E-state index is 14.3. The van der Waals surface area contributed by atoms with Crippen LogP contribution in [0.2, 0.25) is 5.15 Å². The molecule has 1 aliphatic rings. The zero-order valence-corrected chi connectivity index (χ0v) is 27.0. The first-order chi connectivity index (χ1) is 20.1. The fourth-order valence-corrected chi connectivity index (χ4v) is 5.02. The van der Waals surface area contributed by atoms with E-state index in [1.807, 2.05) is 36.2 Å². The van der Waals surface area contributed by atoms with Gasteiger partial charge in [-0.05, 0) is 53.3 Å². The number of rotatable bonds is 5. The highest BCUT2D eigenvalue weighted by Crippen LogP contribution is 2.32. The topological polar surface area (TPSA) is 95.9 Å². The minimum Gasteiger partial charge on any atom is -0.464 e. The first-order valence-corrected chi connectivity index (χ1v) is 14.7. The number of ether oxygens (including phenoxy) is 1. The Balaban J connectivity index is 1.90. The molecule has 0 unspecified atom stereocenters. The lowest BCUT2D eigenvalue weighted by Gasteiger charge is -2.34. The number of aromatic nitrogens is 2. The van der Waals surface area contributed by atoms with E-state index in [4.69, 9.17) is 21.3 Å².